The Bertz CT molecular complexity index is 682. The Morgan fingerprint density at radius 2 is 2.05 bits per heavy atom. The van der Waals surface area contributed by atoms with Gasteiger partial charge in [0.2, 0.25) is 0 Å². The van der Waals surface area contributed by atoms with Gasteiger partial charge in [0, 0.05) is 19.3 Å². The van der Waals surface area contributed by atoms with Crippen LogP contribution >= 0.6 is 23.2 Å². The van der Waals surface area contributed by atoms with Crippen LogP contribution in [0.5, 0.6) is 0 Å². The first-order valence-electron chi connectivity index (χ1n) is 6.46. The molecule has 2 rings (SSSR count). The van der Waals surface area contributed by atoms with Gasteiger partial charge in [-0.3, -0.25) is 9.78 Å². The number of carbonyl (C=O) groups is 1. The lowest BCUT2D eigenvalue weighted by atomic mass is 10.1. The highest BCUT2D eigenvalue weighted by Crippen LogP contribution is 2.23. The van der Waals surface area contributed by atoms with Gasteiger partial charge in [-0.1, -0.05) is 29.3 Å². The molecule has 116 valence electrons. The van der Waals surface area contributed by atoms with Gasteiger partial charge in [0.15, 0.2) is 5.82 Å². The SMILES string of the molecule is O=C(c1ccncc1F)N(CCO)Cc1ccc(Cl)c(Cl)c1. The number of hydrogen-bond donors (Lipinski definition) is 1. The number of carbonyl (C=O) groups excluding carboxylic acids is 1. The molecule has 4 nitrogen and oxygen atoms in total. The van der Waals surface area contributed by atoms with E-state index in [2.05, 4.69) is 4.98 Å². The number of halogens is 3. The van der Waals surface area contributed by atoms with Gasteiger partial charge in [-0.15, -0.1) is 0 Å². The number of nitrogens with zero attached hydrogens (tertiary/aromatic N) is 2. The van der Waals surface area contributed by atoms with E-state index in [0.717, 1.165) is 11.8 Å². The molecule has 0 aliphatic rings. The molecule has 0 bridgehead atoms. The second kappa shape index (κ2) is 7.54. The molecule has 1 aromatic heterocycles. The quantitative estimate of drug-likeness (QED) is 0.907. The summed E-state index contributed by atoms with van der Waals surface area (Å²) in [7, 11) is 0. The number of hydrogen-bond acceptors (Lipinski definition) is 3. The molecule has 0 radical (unpaired) electrons. The number of aromatic nitrogens is 1. The van der Waals surface area contributed by atoms with E-state index in [1.807, 2.05) is 0 Å². The Kier molecular flexibility index (Phi) is 5.71. The van der Waals surface area contributed by atoms with Gasteiger partial charge in [-0.05, 0) is 23.8 Å². The zero-order valence-corrected chi connectivity index (χ0v) is 13.0. The summed E-state index contributed by atoms with van der Waals surface area (Å²) in [5, 5.41) is 9.91. The molecule has 1 N–H and O–H groups in total. The molecule has 0 spiro atoms. The van der Waals surface area contributed by atoms with Gasteiger partial charge in [-0.25, -0.2) is 4.39 Å². The normalized spacial score (nSPS) is 10.5. The van der Waals surface area contributed by atoms with E-state index in [4.69, 9.17) is 28.3 Å². The maximum atomic E-state index is 13.7. The molecule has 7 heteroatoms. The third-order valence-electron chi connectivity index (χ3n) is 3.02. The Balaban J connectivity index is 2.24. The van der Waals surface area contributed by atoms with Gasteiger partial charge in [0.05, 0.1) is 28.4 Å². The largest absolute Gasteiger partial charge is 0.395 e. The van der Waals surface area contributed by atoms with Crippen LogP contribution in [0.2, 0.25) is 10.0 Å². The first-order chi connectivity index (χ1) is 10.5. The predicted molar refractivity (Wildman–Crippen MR) is 82.5 cm³/mol. The molecule has 0 fully saturated rings. The minimum absolute atomic E-state index is 0.0703. The van der Waals surface area contributed by atoms with Crippen LogP contribution in [0.3, 0.4) is 0 Å². The highest BCUT2D eigenvalue weighted by molar-refractivity contribution is 6.42. The number of aliphatic hydroxyl groups is 1. The number of pyridine rings is 1. The summed E-state index contributed by atoms with van der Waals surface area (Å²) in [6, 6.07) is 6.27. The molecular formula is C15H13Cl2FN2O2. The van der Waals surface area contributed by atoms with E-state index in [0.29, 0.717) is 10.0 Å². The zero-order valence-electron chi connectivity index (χ0n) is 11.5. The fourth-order valence-electron chi connectivity index (χ4n) is 1.95. The maximum absolute atomic E-state index is 13.7. The van der Waals surface area contributed by atoms with Gasteiger partial charge in [-0.2, -0.15) is 0 Å². The number of rotatable bonds is 5. The maximum Gasteiger partial charge on any atom is 0.257 e. The van der Waals surface area contributed by atoms with Crippen LogP contribution in [-0.4, -0.2) is 34.0 Å². The highest BCUT2D eigenvalue weighted by atomic mass is 35.5. The third kappa shape index (κ3) is 3.94. The van der Waals surface area contributed by atoms with Crippen LogP contribution in [0, 0.1) is 5.82 Å². The summed E-state index contributed by atoms with van der Waals surface area (Å²) >= 11 is 11.8. The number of amides is 1. The minimum atomic E-state index is -0.704. The molecular weight excluding hydrogens is 330 g/mol. The number of benzene rings is 1. The van der Waals surface area contributed by atoms with Crippen molar-refractivity contribution in [2.45, 2.75) is 6.54 Å². The van der Waals surface area contributed by atoms with Crippen molar-refractivity contribution in [1.82, 2.24) is 9.88 Å². The van der Waals surface area contributed by atoms with Crippen molar-refractivity contribution in [2.24, 2.45) is 0 Å². The van der Waals surface area contributed by atoms with Crippen molar-refractivity contribution in [1.29, 1.82) is 0 Å². The standard InChI is InChI=1S/C15H13Cl2FN2O2/c16-12-2-1-10(7-13(12)17)9-20(5-6-21)15(22)11-3-4-19-8-14(11)18/h1-4,7-8,21H,5-6,9H2. The van der Waals surface area contributed by atoms with Gasteiger partial charge < -0.3 is 10.0 Å². The summed E-state index contributed by atoms with van der Waals surface area (Å²) in [4.78, 5) is 17.3. The van der Waals surface area contributed by atoms with Crippen LogP contribution in [0.25, 0.3) is 0 Å². The van der Waals surface area contributed by atoms with Crippen LogP contribution in [0.15, 0.2) is 36.7 Å². The fourth-order valence-corrected chi connectivity index (χ4v) is 2.27. The Morgan fingerprint density at radius 1 is 1.27 bits per heavy atom. The van der Waals surface area contributed by atoms with E-state index in [9.17, 15) is 9.18 Å². The Morgan fingerprint density at radius 3 is 2.68 bits per heavy atom. The Labute approximate surface area is 137 Å². The first kappa shape index (κ1) is 16.7. The summed E-state index contributed by atoms with van der Waals surface area (Å²) in [6.07, 6.45) is 2.32. The predicted octanol–water partition coefficient (Wildman–Crippen LogP) is 3.16. The second-order valence-corrected chi connectivity index (χ2v) is 5.37. The molecule has 22 heavy (non-hydrogen) atoms. The van der Waals surface area contributed by atoms with Crippen LogP contribution in [-0.2, 0) is 6.54 Å². The third-order valence-corrected chi connectivity index (χ3v) is 3.76. The lowest BCUT2D eigenvalue weighted by molar-refractivity contribution is 0.0703. The lowest BCUT2D eigenvalue weighted by Crippen LogP contribution is -2.33. The summed E-state index contributed by atoms with van der Waals surface area (Å²) in [5.74, 6) is -1.23. The zero-order chi connectivity index (χ0) is 16.1. The van der Waals surface area contributed by atoms with Gasteiger partial charge in [0.25, 0.3) is 5.91 Å². The van der Waals surface area contributed by atoms with Crippen LogP contribution in [0.1, 0.15) is 15.9 Å². The molecule has 1 amide bonds. The monoisotopic (exact) mass is 342 g/mol. The summed E-state index contributed by atoms with van der Waals surface area (Å²) < 4.78 is 13.7. The van der Waals surface area contributed by atoms with Crippen LogP contribution < -0.4 is 0 Å². The van der Waals surface area contributed by atoms with Crippen molar-refractivity contribution in [3.63, 3.8) is 0 Å². The molecule has 1 heterocycles. The van der Waals surface area contributed by atoms with Crippen LogP contribution in [0.4, 0.5) is 4.39 Å². The summed E-state index contributed by atoms with van der Waals surface area (Å²) in [6.45, 7) is 0.0126. The molecule has 0 aliphatic carbocycles. The Hall–Kier alpha value is -1.69. The smallest absolute Gasteiger partial charge is 0.257 e. The van der Waals surface area contributed by atoms with Crippen molar-refractivity contribution < 1.29 is 14.3 Å². The number of aliphatic hydroxyl groups excluding tert-OH is 1. The van der Waals surface area contributed by atoms with E-state index >= 15 is 0 Å². The van der Waals surface area contributed by atoms with E-state index in [1.165, 1.54) is 17.2 Å². The summed E-state index contributed by atoms with van der Waals surface area (Å²) in [5.41, 5.74) is 0.633. The van der Waals surface area contributed by atoms with E-state index < -0.39 is 11.7 Å². The molecule has 1 aromatic carbocycles. The molecule has 0 atom stereocenters. The highest BCUT2D eigenvalue weighted by Gasteiger charge is 2.19. The molecule has 0 unspecified atom stereocenters. The minimum Gasteiger partial charge on any atom is -0.395 e. The topological polar surface area (TPSA) is 53.4 Å². The van der Waals surface area contributed by atoms with Gasteiger partial charge in [0.1, 0.15) is 0 Å². The average Bonchev–Trinajstić information content (AvgIpc) is 2.50. The van der Waals surface area contributed by atoms with Crippen molar-refractivity contribution in [2.75, 3.05) is 13.2 Å². The molecule has 0 aliphatic heterocycles. The second-order valence-electron chi connectivity index (χ2n) is 4.55. The fraction of sp³-hybridized carbons (Fsp3) is 0.200. The van der Waals surface area contributed by atoms with E-state index in [-0.39, 0.29) is 25.3 Å². The van der Waals surface area contributed by atoms with Crippen molar-refractivity contribution in [3.05, 3.63) is 63.6 Å². The van der Waals surface area contributed by atoms with Crippen molar-refractivity contribution in [3.8, 4) is 0 Å². The lowest BCUT2D eigenvalue weighted by Gasteiger charge is -2.22. The van der Waals surface area contributed by atoms with E-state index in [1.54, 1.807) is 18.2 Å². The molecule has 0 saturated carbocycles. The van der Waals surface area contributed by atoms with Gasteiger partial charge >= 0.3 is 0 Å². The average molecular weight is 343 g/mol. The van der Waals surface area contributed by atoms with Crippen molar-refractivity contribution >= 4 is 29.1 Å². The first-order valence-corrected chi connectivity index (χ1v) is 7.22. The molecule has 2 aromatic rings. The molecule has 0 saturated heterocycles.